The Morgan fingerprint density at radius 1 is 0.969 bits per heavy atom. The fourth-order valence-corrected chi connectivity index (χ4v) is 5.76. The summed E-state index contributed by atoms with van der Waals surface area (Å²) < 4.78 is 6.63. The largest absolute Gasteiger partial charge is 0.508 e. The van der Waals surface area contributed by atoms with Crippen molar-refractivity contribution < 1.29 is 9.84 Å². The van der Waals surface area contributed by atoms with Gasteiger partial charge in [-0.25, -0.2) is 0 Å². The molecule has 1 aliphatic carbocycles. The number of benzene rings is 2. The third kappa shape index (κ3) is 4.44. The van der Waals surface area contributed by atoms with E-state index in [1.807, 2.05) is 26.2 Å². The van der Waals surface area contributed by atoms with Crippen molar-refractivity contribution >= 4 is 0 Å². The lowest BCUT2D eigenvalue weighted by Crippen LogP contribution is -2.48. The molecule has 4 heteroatoms. The van der Waals surface area contributed by atoms with E-state index >= 15 is 0 Å². The number of rotatable bonds is 7. The Bertz CT molecular complexity index is 995. The Morgan fingerprint density at radius 3 is 2.25 bits per heavy atom. The fraction of sp³-hybridized carbons (Fsp3) is 0.500. The average Bonchev–Trinajstić information content (AvgIpc) is 2.76. The van der Waals surface area contributed by atoms with E-state index in [0.717, 1.165) is 43.7 Å². The highest BCUT2D eigenvalue weighted by atomic mass is 16.5. The summed E-state index contributed by atoms with van der Waals surface area (Å²) >= 11 is 0. The quantitative estimate of drug-likeness (QED) is 0.542. The maximum absolute atomic E-state index is 10.9. The zero-order chi connectivity index (χ0) is 22.9. The molecule has 1 aliphatic heterocycles. The molecular formula is C28H38N2O2. The minimum Gasteiger partial charge on any atom is -0.508 e. The number of phenolic OH excluding ortho intramolecular Hbond substituents is 1. The van der Waals surface area contributed by atoms with Gasteiger partial charge in [-0.3, -0.25) is 0 Å². The van der Waals surface area contributed by atoms with Crippen molar-refractivity contribution in [3.8, 4) is 11.5 Å². The molecule has 0 fully saturated rings. The molecule has 3 unspecified atom stereocenters. The molecule has 0 saturated heterocycles. The standard InChI is InChI=1S/C28H38N2O2/c1-18-14-23(21-16-19(10-12-29-4)6-8-25(21)31)27-24(15-18)22-17-20(11-13-30-5)7-9-26(22)32-28(27,2)3/h6-9,14,16-17,23-24,27,29-31H,10-13,15H2,1-5H3. The van der Waals surface area contributed by atoms with E-state index in [1.165, 1.54) is 22.3 Å². The van der Waals surface area contributed by atoms with Crippen molar-refractivity contribution in [2.75, 3.05) is 27.2 Å². The minimum absolute atomic E-state index is 0.118. The number of aromatic hydroxyl groups is 1. The smallest absolute Gasteiger partial charge is 0.123 e. The molecule has 3 N–H and O–H groups in total. The summed E-state index contributed by atoms with van der Waals surface area (Å²) in [4.78, 5) is 0. The predicted molar refractivity (Wildman–Crippen MR) is 132 cm³/mol. The SMILES string of the molecule is CNCCc1ccc(O)c(C2C=C(C)CC3c4cc(CCNC)ccc4OC(C)(C)C23)c1. The highest BCUT2D eigenvalue weighted by molar-refractivity contribution is 5.49. The molecule has 4 rings (SSSR count). The number of likely N-dealkylation sites (N-methyl/N-ethyl adjacent to an activating group) is 2. The van der Waals surface area contributed by atoms with Gasteiger partial charge in [0.05, 0.1) is 0 Å². The Labute approximate surface area is 193 Å². The molecule has 0 saturated carbocycles. The van der Waals surface area contributed by atoms with Crippen molar-refractivity contribution in [1.29, 1.82) is 0 Å². The van der Waals surface area contributed by atoms with Gasteiger partial charge < -0.3 is 20.5 Å². The molecule has 172 valence electrons. The summed E-state index contributed by atoms with van der Waals surface area (Å²) in [6.45, 7) is 8.55. The van der Waals surface area contributed by atoms with Crippen LogP contribution in [0, 0.1) is 5.92 Å². The van der Waals surface area contributed by atoms with Gasteiger partial charge in [0.1, 0.15) is 17.1 Å². The first-order chi connectivity index (χ1) is 15.3. The van der Waals surface area contributed by atoms with E-state index in [2.05, 4.69) is 61.7 Å². The first-order valence-corrected chi connectivity index (χ1v) is 11.9. The van der Waals surface area contributed by atoms with E-state index in [9.17, 15) is 5.11 Å². The summed E-state index contributed by atoms with van der Waals surface area (Å²) in [5, 5.41) is 17.4. The van der Waals surface area contributed by atoms with Gasteiger partial charge in [0, 0.05) is 17.4 Å². The van der Waals surface area contributed by atoms with Crippen molar-refractivity contribution in [2.24, 2.45) is 5.92 Å². The molecule has 0 bridgehead atoms. The number of allylic oxidation sites excluding steroid dienone is 2. The van der Waals surface area contributed by atoms with E-state index in [-0.39, 0.29) is 17.4 Å². The van der Waals surface area contributed by atoms with Crippen LogP contribution < -0.4 is 15.4 Å². The maximum Gasteiger partial charge on any atom is 0.123 e. The van der Waals surface area contributed by atoms with Gasteiger partial charge in [-0.1, -0.05) is 35.9 Å². The van der Waals surface area contributed by atoms with Crippen molar-refractivity contribution in [3.05, 3.63) is 70.3 Å². The fourth-order valence-electron chi connectivity index (χ4n) is 5.76. The zero-order valence-electron chi connectivity index (χ0n) is 20.2. The highest BCUT2D eigenvalue weighted by Gasteiger charge is 2.49. The van der Waals surface area contributed by atoms with Crippen LogP contribution in [-0.4, -0.2) is 37.9 Å². The van der Waals surface area contributed by atoms with Gasteiger partial charge in [-0.2, -0.15) is 0 Å². The molecule has 0 spiro atoms. The number of hydrogen-bond donors (Lipinski definition) is 3. The molecule has 0 aromatic heterocycles. The first kappa shape index (κ1) is 22.9. The summed E-state index contributed by atoms with van der Waals surface area (Å²) in [6, 6.07) is 12.8. The normalized spacial score (nSPS) is 23.7. The molecule has 1 heterocycles. The predicted octanol–water partition coefficient (Wildman–Crippen LogP) is 4.92. The number of nitrogens with one attached hydrogen (secondary N) is 2. The first-order valence-electron chi connectivity index (χ1n) is 11.9. The van der Waals surface area contributed by atoms with Crippen LogP contribution in [-0.2, 0) is 12.8 Å². The lowest BCUT2D eigenvalue weighted by molar-refractivity contribution is -0.000498. The monoisotopic (exact) mass is 434 g/mol. The number of hydrogen-bond acceptors (Lipinski definition) is 4. The summed E-state index contributed by atoms with van der Waals surface area (Å²) in [5.41, 5.74) is 6.01. The van der Waals surface area contributed by atoms with Crippen LogP contribution in [0.3, 0.4) is 0 Å². The second-order valence-corrected chi connectivity index (χ2v) is 10.1. The molecular weight excluding hydrogens is 396 g/mol. The molecule has 32 heavy (non-hydrogen) atoms. The number of ether oxygens (including phenoxy) is 1. The highest BCUT2D eigenvalue weighted by Crippen LogP contribution is 2.56. The molecule has 3 atom stereocenters. The summed E-state index contributed by atoms with van der Waals surface area (Å²) in [5.74, 6) is 2.15. The summed E-state index contributed by atoms with van der Waals surface area (Å²) in [6.07, 6.45) is 5.37. The Hall–Kier alpha value is -2.30. The van der Waals surface area contributed by atoms with E-state index in [0.29, 0.717) is 11.7 Å². The molecule has 4 nitrogen and oxygen atoms in total. The number of phenols is 1. The zero-order valence-corrected chi connectivity index (χ0v) is 20.2. The van der Waals surface area contributed by atoms with Crippen LogP contribution >= 0.6 is 0 Å². The van der Waals surface area contributed by atoms with Crippen LogP contribution in [0.2, 0.25) is 0 Å². The van der Waals surface area contributed by atoms with Crippen LogP contribution in [0.5, 0.6) is 11.5 Å². The maximum atomic E-state index is 10.9. The molecule has 0 amide bonds. The van der Waals surface area contributed by atoms with Gasteiger partial charge >= 0.3 is 0 Å². The molecule has 2 aromatic carbocycles. The van der Waals surface area contributed by atoms with Gasteiger partial charge in [-0.05, 0) is 102 Å². The average molecular weight is 435 g/mol. The van der Waals surface area contributed by atoms with E-state index < -0.39 is 0 Å². The molecule has 2 aromatic rings. The van der Waals surface area contributed by atoms with Crippen molar-refractivity contribution in [2.45, 2.75) is 57.5 Å². The minimum atomic E-state index is -0.334. The van der Waals surface area contributed by atoms with E-state index in [1.54, 1.807) is 0 Å². The van der Waals surface area contributed by atoms with Gasteiger partial charge in [0.25, 0.3) is 0 Å². The van der Waals surface area contributed by atoms with Crippen LogP contribution in [0.15, 0.2) is 48.0 Å². The third-order valence-electron chi connectivity index (χ3n) is 7.25. The Kier molecular flexibility index (Phi) is 6.64. The summed E-state index contributed by atoms with van der Waals surface area (Å²) in [7, 11) is 3.97. The second-order valence-electron chi connectivity index (χ2n) is 10.1. The van der Waals surface area contributed by atoms with Gasteiger partial charge in [0.15, 0.2) is 0 Å². The Balaban J connectivity index is 1.77. The molecule has 2 aliphatic rings. The number of fused-ring (bicyclic) bond motifs is 3. The van der Waals surface area contributed by atoms with Gasteiger partial charge in [-0.15, -0.1) is 0 Å². The Morgan fingerprint density at radius 2 is 1.59 bits per heavy atom. The second kappa shape index (κ2) is 9.29. The van der Waals surface area contributed by atoms with Crippen LogP contribution in [0.25, 0.3) is 0 Å². The lowest BCUT2D eigenvalue weighted by atomic mass is 9.61. The lowest BCUT2D eigenvalue weighted by Gasteiger charge is -2.50. The van der Waals surface area contributed by atoms with E-state index in [4.69, 9.17) is 4.74 Å². The molecule has 0 radical (unpaired) electrons. The third-order valence-corrected chi connectivity index (χ3v) is 7.25. The van der Waals surface area contributed by atoms with Crippen LogP contribution in [0.1, 0.15) is 61.3 Å². The van der Waals surface area contributed by atoms with Crippen molar-refractivity contribution in [3.63, 3.8) is 0 Å². The van der Waals surface area contributed by atoms with Gasteiger partial charge in [0.2, 0.25) is 0 Å². The van der Waals surface area contributed by atoms with Crippen molar-refractivity contribution in [1.82, 2.24) is 10.6 Å². The topological polar surface area (TPSA) is 53.5 Å². The van der Waals surface area contributed by atoms with Crippen LogP contribution in [0.4, 0.5) is 0 Å².